The van der Waals surface area contributed by atoms with E-state index in [2.05, 4.69) is 6.92 Å². The van der Waals surface area contributed by atoms with Crippen molar-refractivity contribution in [1.29, 1.82) is 0 Å². The molecule has 0 saturated heterocycles. The summed E-state index contributed by atoms with van der Waals surface area (Å²) < 4.78 is 0. The molecule has 0 amide bonds. The Kier molecular flexibility index (Phi) is 14.6. The average molecular weight is 177 g/mol. The van der Waals surface area contributed by atoms with Gasteiger partial charge in [0.25, 0.3) is 0 Å². The summed E-state index contributed by atoms with van der Waals surface area (Å²) in [6.07, 6.45) is 3.86. The Morgan fingerprint density at radius 1 is 1.57 bits per heavy atom. The van der Waals surface area contributed by atoms with Crippen LogP contribution in [0.1, 0.15) is 26.2 Å². The molecule has 0 rings (SSSR count). The minimum Gasteiger partial charge on any atom is -0.303 e. The van der Waals surface area contributed by atoms with Gasteiger partial charge in [-0.2, -0.15) is 0 Å². The molecule has 2 heteroatoms. The fourth-order valence-corrected chi connectivity index (χ4v) is 0.287. The molecule has 0 radical (unpaired) electrons. The van der Waals surface area contributed by atoms with E-state index in [-0.39, 0.29) is 26.2 Å². The molecule has 0 aliphatic heterocycles. The Bertz CT molecular complexity index is 37.1. The number of unbranched alkanes of at least 4 members (excludes halogenated alkanes) is 2. The minimum absolute atomic E-state index is 0. The predicted octanol–water partition coefficient (Wildman–Crippen LogP) is 1.37. The maximum atomic E-state index is 9.56. The van der Waals surface area contributed by atoms with Gasteiger partial charge in [0.1, 0.15) is 6.29 Å². The second-order valence-electron chi connectivity index (χ2n) is 1.31. The van der Waals surface area contributed by atoms with Crippen LogP contribution in [0.4, 0.5) is 0 Å². The molecule has 0 spiro atoms. The van der Waals surface area contributed by atoms with Crippen LogP contribution < -0.4 is 0 Å². The summed E-state index contributed by atoms with van der Waals surface area (Å²) in [6, 6.07) is 0. The van der Waals surface area contributed by atoms with Gasteiger partial charge in [-0.05, 0) is 6.42 Å². The van der Waals surface area contributed by atoms with E-state index in [9.17, 15) is 4.79 Å². The zero-order valence-corrected chi connectivity index (χ0v) is 7.06. The zero-order chi connectivity index (χ0) is 4.83. The van der Waals surface area contributed by atoms with Crippen LogP contribution >= 0.6 is 0 Å². The van der Waals surface area contributed by atoms with E-state index in [1.807, 2.05) is 0 Å². The van der Waals surface area contributed by atoms with Crippen molar-refractivity contribution >= 4 is 6.29 Å². The van der Waals surface area contributed by atoms with Crippen molar-refractivity contribution < 1.29 is 31.0 Å². The standard InChI is InChI=1S/C5H10O.Zr/c1-2-3-4-5-6;/h5H,2-4H2,1H3;. The Morgan fingerprint density at radius 2 is 2.14 bits per heavy atom. The Labute approximate surface area is 63.6 Å². The van der Waals surface area contributed by atoms with E-state index in [0.29, 0.717) is 0 Å². The first-order chi connectivity index (χ1) is 2.91. The maximum absolute atomic E-state index is 9.56. The SMILES string of the molecule is CCCCC=O.[Zr]. The molecule has 0 bridgehead atoms. The van der Waals surface area contributed by atoms with Crippen LogP contribution in [0.25, 0.3) is 0 Å². The van der Waals surface area contributed by atoms with Crippen molar-refractivity contribution in [3.05, 3.63) is 0 Å². The second kappa shape index (κ2) is 9.75. The zero-order valence-electron chi connectivity index (χ0n) is 4.61. The summed E-state index contributed by atoms with van der Waals surface area (Å²) in [6.45, 7) is 2.07. The molecule has 0 aromatic rings. The first-order valence-corrected chi connectivity index (χ1v) is 2.35. The fraction of sp³-hybridized carbons (Fsp3) is 0.800. The Balaban J connectivity index is 0. The third kappa shape index (κ3) is 10.8. The first-order valence-electron chi connectivity index (χ1n) is 2.35. The van der Waals surface area contributed by atoms with Gasteiger partial charge >= 0.3 is 0 Å². The molecule has 0 aliphatic rings. The van der Waals surface area contributed by atoms with Crippen LogP contribution in [0.3, 0.4) is 0 Å². The van der Waals surface area contributed by atoms with Crippen molar-refractivity contribution in [3.63, 3.8) is 0 Å². The van der Waals surface area contributed by atoms with Gasteiger partial charge < -0.3 is 4.79 Å². The van der Waals surface area contributed by atoms with Crippen LogP contribution in [0.2, 0.25) is 0 Å². The normalized spacial score (nSPS) is 7.00. The third-order valence-electron chi connectivity index (χ3n) is 0.676. The van der Waals surface area contributed by atoms with Crippen LogP contribution in [0, 0.1) is 0 Å². The molecular weight excluding hydrogens is 167 g/mol. The van der Waals surface area contributed by atoms with E-state index in [1.54, 1.807) is 0 Å². The predicted molar refractivity (Wildman–Crippen MR) is 25.6 cm³/mol. The summed E-state index contributed by atoms with van der Waals surface area (Å²) in [5, 5.41) is 0. The van der Waals surface area contributed by atoms with E-state index in [1.165, 1.54) is 0 Å². The van der Waals surface area contributed by atoms with Gasteiger partial charge in [-0.15, -0.1) is 0 Å². The number of rotatable bonds is 3. The average Bonchev–Trinajstić information content (AvgIpc) is 1.61. The Morgan fingerprint density at radius 3 is 2.29 bits per heavy atom. The molecule has 0 aliphatic carbocycles. The van der Waals surface area contributed by atoms with Gasteiger partial charge in [-0.3, -0.25) is 0 Å². The van der Waals surface area contributed by atoms with Gasteiger partial charge in [0, 0.05) is 32.6 Å². The smallest absolute Gasteiger partial charge is 0.119 e. The van der Waals surface area contributed by atoms with Gasteiger partial charge in [-0.25, -0.2) is 0 Å². The maximum Gasteiger partial charge on any atom is 0.119 e. The topological polar surface area (TPSA) is 17.1 Å². The monoisotopic (exact) mass is 176 g/mol. The van der Waals surface area contributed by atoms with E-state index >= 15 is 0 Å². The summed E-state index contributed by atoms with van der Waals surface area (Å²) in [4.78, 5) is 9.56. The molecule has 0 atom stereocenters. The van der Waals surface area contributed by atoms with E-state index in [4.69, 9.17) is 0 Å². The molecular formula is C5H10OZr. The number of aldehydes is 1. The van der Waals surface area contributed by atoms with Gasteiger partial charge in [0.15, 0.2) is 0 Å². The molecule has 40 valence electrons. The summed E-state index contributed by atoms with van der Waals surface area (Å²) in [5.74, 6) is 0. The van der Waals surface area contributed by atoms with E-state index < -0.39 is 0 Å². The van der Waals surface area contributed by atoms with Gasteiger partial charge in [0.2, 0.25) is 0 Å². The largest absolute Gasteiger partial charge is 0.303 e. The summed E-state index contributed by atoms with van der Waals surface area (Å²) in [7, 11) is 0. The number of hydrogen-bond donors (Lipinski definition) is 0. The molecule has 0 N–H and O–H groups in total. The number of hydrogen-bond acceptors (Lipinski definition) is 1. The molecule has 0 heterocycles. The Hall–Kier alpha value is 0.553. The first kappa shape index (κ1) is 10.5. The van der Waals surface area contributed by atoms with Crippen LogP contribution in [0.5, 0.6) is 0 Å². The molecule has 0 fully saturated rings. The van der Waals surface area contributed by atoms with Crippen molar-refractivity contribution in [1.82, 2.24) is 0 Å². The van der Waals surface area contributed by atoms with Crippen LogP contribution in [-0.4, -0.2) is 6.29 Å². The third-order valence-corrected chi connectivity index (χ3v) is 0.676. The fourth-order valence-electron chi connectivity index (χ4n) is 0.287. The van der Waals surface area contributed by atoms with Crippen LogP contribution in [-0.2, 0) is 31.0 Å². The number of carbonyl (C=O) groups excluding carboxylic acids is 1. The summed E-state index contributed by atoms with van der Waals surface area (Å²) >= 11 is 0. The molecule has 1 nitrogen and oxygen atoms in total. The number of carbonyl (C=O) groups is 1. The molecule has 0 aromatic heterocycles. The van der Waals surface area contributed by atoms with Crippen molar-refractivity contribution in [2.75, 3.05) is 0 Å². The molecule has 7 heavy (non-hydrogen) atoms. The second-order valence-corrected chi connectivity index (χ2v) is 1.31. The summed E-state index contributed by atoms with van der Waals surface area (Å²) in [5.41, 5.74) is 0. The van der Waals surface area contributed by atoms with Gasteiger partial charge in [0.05, 0.1) is 0 Å². The van der Waals surface area contributed by atoms with Crippen molar-refractivity contribution in [2.45, 2.75) is 26.2 Å². The van der Waals surface area contributed by atoms with E-state index in [0.717, 1.165) is 25.5 Å². The van der Waals surface area contributed by atoms with Crippen molar-refractivity contribution in [3.8, 4) is 0 Å². The molecule has 0 unspecified atom stereocenters. The van der Waals surface area contributed by atoms with Crippen LogP contribution in [0.15, 0.2) is 0 Å². The minimum atomic E-state index is 0. The molecule has 0 aromatic carbocycles. The molecule has 0 saturated carbocycles. The quantitative estimate of drug-likeness (QED) is 0.470. The van der Waals surface area contributed by atoms with Crippen molar-refractivity contribution in [2.24, 2.45) is 0 Å². The van der Waals surface area contributed by atoms with Gasteiger partial charge in [-0.1, -0.05) is 13.3 Å².